The van der Waals surface area contributed by atoms with Crippen LogP contribution in [0, 0.1) is 11.6 Å². The smallest absolute Gasteiger partial charge is 0.315 e. The molecule has 1 N–H and O–H groups in total. The van der Waals surface area contributed by atoms with Crippen LogP contribution in [0.5, 0.6) is 0 Å². The van der Waals surface area contributed by atoms with Gasteiger partial charge >= 0.3 is 6.43 Å². The summed E-state index contributed by atoms with van der Waals surface area (Å²) in [5, 5.41) is 1.62. The van der Waals surface area contributed by atoms with E-state index in [1.807, 2.05) is 0 Å². The van der Waals surface area contributed by atoms with Crippen LogP contribution in [0.4, 0.5) is 23.2 Å². The van der Waals surface area contributed by atoms with Crippen molar-refractivity contribution in [2.24, 2.45) is 0 Å². The Labute approximate surface area is 90.4 Å². The number of benzene rings is 1. The lowest BCUT2D eigenvalue weighted by molar-refractivity contribution is -0.126. The van der Waals surface area contributed by atoms with Crippen molar-refractivity contribution in [2.45, 2.75) is 6.43 Å². The number of hydrogen-bond donors (Lipinski definition) is 1. The molecule has 7 heteroatoms. The summed E-state index contributed by atoms with van der Waals surface area (Å²) in [4.78, 5) is 10.5. The monoisotopic (exact) mass is 285 g/mol. The van der Waals surface area contributed by atoms with E-state index in [0.717, 1.165) is 12.1 Å². The van der Waals surface area contributed by atoms with Gasteiger partial charge in [-0.05, 0) is 28.1 Å². The molecule has 0 radical (unpaired) electrons. The summed E-state index contributed by atoms with van der Waals surface area (Å²) < 4.78 is 48.9. The van der Waals surface area contributed by atoms with Gasteiger partial charge in [-0.25, -0.2) is 8.78 Å². The fraction of sp³-hybridized carbons (Fsp3) is 0.125. The molecule has 1 amide bonds. The summed E-state index contributed by atoms with van der Waals surface area (Å²) >= 11 is 2.57. The first-order valence-electron chi connectivity index (χ1n) is 3.66. The first-order valence-corrected chi connectivity index (χ1v) is 4.45. The van der Waals surface area contributed by atoms with Crippen molar-refractivity contribution >= 4 is 27.5 Å². The molecular formula is C8H4BrF4NO. The molecule has 0 heterocycles. The Bertz CT molecular complexity index is 396. The van der Waals surface area contributed by atoms with E-state index in [4.69, 9.17) is 0 Å². The van der Waals surface area contributed by atoms with Gasteiger partial charge in [0.15, 0.2) is 5.82 Å². The molecular weight excluding hydrogens is 282 g/mol. The number of alkyl halides is 2. The third-order valence-corrected chi connectivity index (χ3v) is 2.22. The van der Waals surface area contributed by atoms with Crippen LogP contribution >= 0.6 is 15.9 Å². The first-order chi connectivity index (χ1) is 6.93. The lowest BCUT2D eigenvalue weighted by Crippen LogP contribution is -2.20. The summed E-state index contributed by atoms with van der Waals surface area (Å²) in [6, 6.07) is 1.70. The van der Waals surface area contributed by atoms with Crippen LogP contribution in [0.15, 0.2) is 16.6 Å². The Balaban J connectivity index is 2.97. The highest BCUT2D eigenvalue weighted by Crippen LogP contribution is 2.25. The summed E-state index contributed by atoms with van der Waals surface area (Å²) in [5.41, 5.74) is -0.506. The zero-order valence-electron chi connectivity index (χ0n) is 7.03. The molecule has 0 saturated carbocycles. The van der Waals surface area contributed by atoms with Gasteiger partial charge in [-0.2, -0.15) is 8.78 Å². The van der Waals surface area contributed by atoms with Crippen LogP contribution in [0.2, 0.25) is 0 Å². The first kappa shape index (κ1) is 12.0. The van der Waals surface area contributed by atoms with Crippen molar-refractivity contribution < 1.29 is 22.4 Å². The van der Waals surface area contributed by atoms with Crippen LogP contribution in [0.3, 0.4) is 0 Å². The topological polar surface area (TPSA) is 29.1 Å². The molecule has 0 aliphatic rings. The van der Waals surface area contributed by atoms with Crippen LogP contribution in [-0.4, -0.2) is 12.3 Å². The van der Waals surface area contributed by atoms with E-state index in [1.54, 1.807) is 5.32 Å². The van der Waals surface area contributed by atoms with Gasteiger partial charge in [0, 0.05) is 0 Å². The molecule has 1 rings (SSSR count). The number of carbonyl (C=O) groups excluding carboxylic acids is 1. The Morgan fingerprint density at radius 3 is 2.47 bits per heavy atom. The van der Waals surface area contributed by atoms with Gasteiger partial charge < -0.3 is 5.32 Å². The normalized spacial score (nSPS) is 10.5. The van der Waals surface area contributed by atoms with Crippen LogP contribution in [0.25, 0.3) is 0 Å². The Kier molecular flexibility index (Phi) is 3.67. The molecule has 0 unspecified atom stereocenters. The number of amides is 1. The second-order valence-corrected chi connectivity index (χ2v) is 3.31. The third kappa shape index (κ3) is 2.68. The minimum atomic E-state index is -3.26. The van der Waals surface area contributed by atoms with Crippen molar-refractivity contribution in [1.29, 1.82) is 0 Å². The van der Waals surface area contributed by atoms with E-state index in [0.29, 0.717) is 0 Å². The van der Waals surface area contributed by atoms with Gasteiger partial charge in [0.25, 0.3) is 5.91 Å². The van der Waals surface area contributed by atoms with Crippen molar-refractivity contribution in [1.82, 2.24) is 0 Å². The lowest BCUT2D eigenvalue weighted by Gasteiger charge is -2.06. The van der Waals surface area contributed by atoms with E-state index in [1.165, 1.54) is 0 Å². The zero-order chi connectivity index (χ0) is 11.6. The Morgan fingerprint density at radius 2 is 1.93 bits per heavy atom. The summed E-state index contributed by atoms with van der Waals surface area (Å²) in [5.74, 6) is -3.67. The van der Waals surface area contributed by atoms with Crippen molar-refractivity contribution in [3.8, 4) is 0 Å². The largest absolute Gasteiger partial charge is 0.319 e. The van der Waals surface area contributed by atoms with E-state index in [-0.39, 0.29) is 0 Å². The van der Waals surface area contributed by atoms with Gasteiger partial charge in [0.1, 0.15) is 5.82 Å². The summed E-state index contributed by atoms with van der Waals surface area (Å²) in [7, 11) is 0. The Hall–Kier alpha value is -1.11. The van der Waals surface area contributed by atoms with Crippen LogP contribution in [-0.2, 0) is 4.79 Å². The number of nitrogens with one attached hydrogen (secondary N) is 1. The van der Waals surface area contributed by atoms with Gasteiger partial charge in [0.05, 0.1) is 10.2 Å². The van der Waals surface area contributed by atoms with Crippen molar-refractivity contribution in [3.63, 3.8) is 0 Å². The molecule has 1 aromatic rings. The predicted octanol–water partition coefficient (Wildman–Crippen LogP) is 2.93. The fourth-order valence-electron chi connectivity index (χ4n) is 0.810. The van der Waals surface area contributed by atoms with E-state index in [9.17, 15) is 22.4 Å². The summed E-state index contributed by atoms with van der Waals surface area (Å²) in [6.45, 7) is 0. The quantitative estimate of drug-likeness (QED) is 0.657. The molecule has 0 atom stereocenters. The average Bonchev–Trinajstić information content (AvgIpc) is 2.18. The molecule has 0 saturated heterocycles. The molecule has 0 bridgehead atoms. The fourth-order valence-corrected chi connectivity index (χ4v) is 1.16. The van der Waals surface area contributed by atoms with E-state index in [2.05, 4.69) is 15.9 Å². The highest BCUT2D eigenvalue weighted by Gasteiger charge is 2.18. The van der Waals surface area contributed by atoms with Crippen LogP contribution < -0.4 is 5.32 Å². The highest BCUT2D eigenvalue weighted by atomic mass is 79.9. The Morgan fingerprint density at radius 1 is 1.33 bits per heavy atom. The number of carbonyl (C=O) groups is 1. The minimum Gasteiger partial charge on any atom is -0.319 e. The molecule has 0 fully saturated rings. The maximum Gasteiger partial charge on any atom is 0.315 e. The van der Waals surface area contributed by atoms with E-state index >= 15 is 0 Å². The van der Waals surface area contributed by atoms with Gasteiger partial charge in [-0.1, -0.05) is 0 Å². The lowest BCUT2D eigenvalue weighted by atomic mass is 10.3. The zero-order valence-corrected chi connectivity index (χ0v) is 8.62. The molecule has 0 aliphatic carbocycles. The van der Waals surface area contributed by atoms with Gasteiger partial charge in [0.2, 0.25) is 0 Å². The molecule has 1 aromatic carbocycles. The number of halogens is 5. The van der Waals surface area contributed by atoms with Crippen molar-refractivity contribution in [3.05, 3.63) is 28.2 Å². The average molecular weight is 286 g/mol. The standard InChI is InChI=1S/C8H4BrF4NO/c9-5-3(10)1-2-4(6(5)11)14-8(15)7(12)13/h1-2,7H,(H,14,15). The van der Waals surface area contributed by atoms with E-state index < -0.39 is 34.1 Å². The highest BCUT2D eigenvalue weighted by molar-refractivity contribution is 9.10. The second-order valence-electron chi connectivity index (χ2n) is 2.51. The second kappa shape index (κ2) is 4.61. The maximum absolute atomic E-state index is 13.1. The number of rotatable bonds is 2. The van der Waals surface area contributed by atoms with Crippen LogP contribution in [0.1, 0.15) is 0 Å². The third-order valence-electron chi connectivity index (χ3n) is 1.49. The number of anilines is 1. The SMILES string of the molecule is O=C(Nc1ccc(F)c(Br)c1F)C(F)F. The van der Waals surface area contributed by atoms with Gasteiger partial charge in [-0.15, -0.1) is 0 Å². The minimum absolute atomic E-state index is 0.506. The predicted molar refractivity (Wildman–Crippen MR) is 48.7 cm³/mol. The molecule has 0 spiro atoms. The maximum atomic E-state index is 13.1. The molecule has 0 aliphatic heterocycles. The molecule has 82 valence electrons. The van der Waals surface area contributed by atoms with Crippen molar-refractivity contribution in [2.75, 3.05) is 5.32 Å². The molecule has 15 heavy (non-hydrogen) atoms. The summed E-state index contributed by atoms with van der Waals surface area (Å²) in [6.07, 6.45) is -3.26. The van der Waals surface area contributed by atoms with Gasteiger partial charge in [-0.3, -0.25) is 4.79 Å². The molecule has 0 aromatic heterocycles. The number of hydrogen-bond acceptors (Lipinski definition) is 1. The molecule has 2 nitrogen and oxygen atoms in total.